The standard InChI is InChI=1S/C36H39Cl2N3O6S/c1-24(2)39-36(43)32(20-26-9-7-6-8-10-26)40(22-27-13-17-30(37)31(38)19-27)35(42)23-41(28-14-18-33(46-4)34(21-28)47-5)48(44,45)29-15-11-25(3)12-16-29/h6-19,21,24,32H,20,22-23H2,1-5H3,(H,39,43)/t32-/m0/s1. The number of nitrogens with zero attached hydrogens (tertiary/aromatic N) is 2. The first kappa shape index (κ1) is 36.6. The molecule has 0 heterocycles. The SMILES string of the molecule is COc1ccc(N(CC(=O)N(Cc2ccc(Cl)c(Cl)c2)[C@@H](Cc2ccccc2)C(=O)NC(C)C)S(=O)(=O)c2ccc(C)cc2)cc1OC. The summed E-state index contributed by atoms with van der Waals surface area (Å²) < 4.78 is 40.5. The Labute approximate surface area is 292 Å². The summed E-state index contributed by atoms with van der Waals surface area (Å²) in [5, 5.41) is 3.55. The summed E-state index contributed by atoms with van der Waals surface area (Å²) in [6.07, 6.45) is 0.174. The first-order chi connectivity index (χ1) is 22.8. The molecule has 0 unspecified atom stereocenters. The number of aryl methyl sites for hydroxylation is 1. The molecule has 0 radical (unpaired) electrons. The van der Waals surface area contributed by atoms with Crippen molar-refractivity contribution in [3.63, 3.8) is 0 Å². The van der Waals surface area contributed by atoms with Crippen LogP contribution in [0.3, 0.4) is 0 Å². The van der Waals surface area contributed by atoms with Crippen LogP contribution in [0.15, 0.2) is 95.9 Å². The number of benzene rings is 4. The van der Waals surface area contributed by atoms with Gasteiger partial charge in [-0.2, -0.15) is 0 Å². The summed E-state index contributed by atoms with van der Waals surface area (Å²) in [5.74, 6) is -0.347. The van der Waals surface area contributed by atoms with E-state index >= 15 is 0 Å². The zero-order chi connectivity index (χ0) is 35.0. The van der Waals surface area contributed by atoms with E-state index in [2.05, 4.69) is 5.32 Å². The lowest BCUT2D eigenvalue weighted by molar-refractivity contribution is -0.140. The van der Waals surface area contributed by atoms with Crippen LogP contribution in [0.25, 0.3) is 0 Å². The van der Waals surface area contributed by atoms with Crippen LogP contribution in [-0.4, -0.2) is 58.0 Å². The minimum Gasteiger partial charge on any atom is -0.493 e. The number of rotatable bonds is 14. The molecular formula is C36H39Cl2N3O6S. The van der Waals surface area contributed by atoms with Crippen LogP contribution >= 0.6 is 23.2 Å². The number of methoxy groups -OCH3 is 2. The minimum absolute atomic E-state index is 0.00916. The maximum Gasteiger partial charge on any atom is 0.264 e. The molecule has 0 saturated carbocycles. The molecule has 12 heteroatoms. The second kappa shape index (κ2) is 16.2. The van der Waals surface area contributed by atoms with Gasteiger partial charge >= 0.3 is 0 Å². The molecule has 1 atom stereocenters. The highest BCUT2D eigenvalue weighted by atomic mass is 35.5. The maximum absolute atomic E-state index is 14.6. The molecule has 0 aliphatic heterocycles. The van der Waals surface area contributed by atoms with Crippen molar-refractivity contribution in [3.8, 4) is 11.5 Å². The van der Waals surface area contributed by atoms with E-state index in [0.29, 0.717) is 16.3 Å². The lowest BCUT2D eigenvalue weighted by Gasteiger charge is -2.34. The Kier molecular flexibility index (Phi) is 12.4. The van der Waals surface area contributed by atoms with Crippen LogP contribution < -0.4 is 19.1 Å². The summed E-state index contributed by atoms with van der Waals surface area (Å²) in [6, 6.07) is 24.0. The van der Waals surface area contributed by atoms with Gasteiger partial charge in [0.15, 0.2) is 11.5 Å². The summed E-state index contributed by atoms with van der Waals surface area (Å²) in [4.78, 5) is 29.9. The van der Waals surface area contributed by atoms with Crippen molar-refractivity contribution in [2.75, 3.05) is 25.1 Å². The first-order valence-corrected chi connectivity index (χ1v) is 17.4. The predicted octanol–water partition coefficient (Wildman–Crippen LogP) is 6.68. The van der Waals surface area contributed by atoms with Gasteiger partial charge in [0.05, 0.1) is 34.8 Å². The first-order valence-electron chi connectivity index (χ1n) is 15.2. The van der Waals surface area contributed by atoms with Gasteiger partial charge in [-0.1, -0.05) is 77.3 Å². The van der Waals surface area contributed by atoms with Gasteiger partial charge in [0.1, 0.15) is 12.6 Å². The number of carbonyl (C=O) groups is 2. The molecule has 4 aromatic carbocycles. The van der Waals surface area contributed by atoms with Gasteiger partial charge in [-0.05, 0) is 68.3 Å². The lowest BCUT2D eigenvalue weighted by atomic mass is 10.0. The zero-order valence-corrected chi connectivity index (χ0v) is 29.8. The Bertz CT molecular complexity index is 1840. The van der Waals surface area contributed by atoms with E-state index in [1.165, 1.54) is 43.4 Å². The van der Waals surface area contributed by atoms with E-state index in [1.54, 1.807) is 36.4 Å². The average molecular weight is 713 g/mol. The number of anilines is 1. The third kappa shape index (κ3) is 9.00. The van der Waals surface area contributed by atoms with Crippen molar-refractivity contribution in [2.24, 2.45) is 0 Å². The van der Waals surface area contributed by atoms with Crippen LogP contribution in [0, 0.1) is 6.92 Å². The number of halogens is 2. The van der Waals surface area contributed by atoms with Crippen molar-refractivity contribution in [1.82, 2.24) is 10.2 Å². The molecule has 48 heavy (non-hydrogen) atoms. The van der Waals surface area contributed by atoms with E-state index in [-0.39, 0.29) is 46.3 Å². The molecule has 0 bridgehead atoms. The molecule has 0 aromatic heterocycles. The van der Waals surface area contributed by atoms with Gasteiger partial charge in [0.25, 0.3) is 10.0 Å². The van der Waals surface area contributed by atoms with Crippen LogP contribution in [0.2, 0.25) is 10.0 Å². The van der Waals surface area contributed by atoms with Crippen LogP contribution in [0.4, 0.5) is 5.69 Å². The van der Waals surface area contributed by atoms with E-state index < -0.39 is 28.5 Å². The topological polar surface area (TPSA) is 105 Å². The van der Waals surface area contributed by atoms with Gasteiger partial charge < -0.3 is 19.7 Å². The summed E-state index contributed by atoms with van der Waals surface area (Å²) >= 11 is 12.5. The number of nitrogens with one attached hydrogen (secondary N) is 1. The lowest BCUT2D eigenvalue weighted by Crippen LogP contribution is -2.54. The molecule has 0 spiro atoms. The van der Waals surface area contributed by atoms with Gasteiger partial charge in [-0.15, -0.1) is 0 Å². The van der Waals surface area contributed by atoms with Gasteiger partial charge in [0.2, 0.25) is 11.8 Å². The molecule has 4 aromatic rings. The molecule has 254 valence electrons. The fourth-order valence-electron chi connectivity index (χ4n) is 5.12. The van der Waals surface area contributed by atoms with Crippen molar-refractivity contribution in [3.05, 3.63) is 118 Å². The number of carbonyl (C=O) groups excluding carboxylic acids is 2. The van der Waals surface area contributed by atoms with Crippen molar-refractivity contribution in [2.45, 2.75) is 50.7 Å². The van der Waals surface area contributed by atoms with Crippen molar-refractivity contribution in [1.29, 1.82) is 0 Å². The third-order valence-corrected chi connectivity index (χ3v) is 10.1. The van der Waals surface area contributed by atoms with Crippen molar-refractivity contribution < 1.29 is 27.5 Å². The molecule has 4 rings (SSSR count). The highest BCUT2D eigenvalue weighted by Crippen LogP contribution is 2.34. The Balaban J connectivity index is 1.86. The van der Waals surface area contributed by atoms with Crippen LogP contribution in [0.1, 0.15) is 30.5 Å². The Morgan fingerprint density at radius 3 is 2.08 bits per heavy atom. The highest BCUT2D eigenvalue weighted by Gasteiger charge is 2.35. The van der Waals surface area contributed by atoms with E-state index in [4.69, 9.17) is 32.7 Å². The zero-order valence-electron chi connectivity index (χ0n) is 27.4. The Morgan fingerprint density at radius 1 is 0.812 bits per heavy atom. The van der Waals surface area contributed by atoms with Gasteiger partial charge in [-0.3, -0.25) is 13.9 Å². The van der Waals surface area contributed by atoms with Gasteiger partial charge in [0, 0.05) is 25.1 Å². The van der Waals surface area contributed by atoms with E-state index in [9.17, 15) is 18.0 Å². The molecule has 9 nitrogen and oxygen atoms in total. The molecule has 0 saturated heterocycles. The largest absolute Gasteiger partial charge is 0.493 e. The highest BCUT2D eigenvalue weighted by molar-refractivity contribution is 7.92. The third-order valence-electron chi connectivity index (χ3n) is 7.58. The fraction of sp³-hybridized carbons (Fsp3) is 0.278. The van der Waals surface area contributed by atoms with Crippen molar-refractivity contribution >= 4 is 50.7 Å². The summed E-state index contributed by atoms with van der Waals surface area (Å²) in [5.41, 5.74) is 2.46. The monoisotopic (exact) mass is 711 g/mol. The van der Waals surface area contributed by atoms with E-state index in [0.717, 1.165) is 15.4 Å². The number of hydrogen-bond acceptors (Lipinski definition) is 6. The van der Waals surface area contributed by atoms with Crippen LogP contribution in [-0.2, 0) is 32.6 Å². The summed E-state index contributed by atoms with van der Waals surface area (Å²) in [6.45, 7) is 4.82. The van der Waals surface area contributed by atoms with E-state index in [1.807, 2.05) is 51.1 Å². The van der Waals surface area contributed by atoms with Crippen LogP contribution in [0.5, 0.6) is 11.5 Å². The molecule has 2 amide bonds. The molecule has 1 N–H and O–H groups in total. The second-order valence-electron chi connectivity index (χ2n) is 11.5. The Hall–Kier alpha value is -4.25. The fourth-order valence-corrected chi connectivity index (χ4v) is 6.84. The molecule has 0 fully saturated rings. The summed E-state index contributed by atoms with van der Waals surface area (Å²) in [7, 11) is -1.40. The number of sulfonamides is 1. The van der Waals surface area contributed by atoms with Gasteiger partial charge in [-0.25, -0.2) is 8.42 Å². The predicted molar refractivity (Wildman–Crippen MR) is 189 cm³/mol. The number of amides is 2. The quantitative estimate of drug-likeness (QED) is 0.157. The Morgan fingerprint density at radius 2 is 1.48 bits per heavy atom. The number of ether oxygens (including phenoxy) is 2. The second-order valence-corrected chi connectivity index (χ2v) is 14.2. The maximum atomic E-state index is 14.6. The molecular weight excluding hydrogens is 673 g/mol. The molecule has 0 aliphatic rings. The normalized spacial score (nSPS) is 11.9. The average Bonchev–Trinajstić information content (AvgIpc) is 3.06. The molecule has 0 aliphatic carbocycles. The number of hydrogen-bond donors (Lipinski definition) is 1. The smallest absolute Gasteiger partial charge is 0.264 e. The minimum atomic E-state index is -4.30.